The molecule has 3 atom stereocenters. The Kier molecular flexibility index (Phi) is 3.85. The highest BCUT2D eigenvalue weighted by Gasteiger charge is 2.67. The number of benzene rings is 1. The van der Waals surface area contributed by atoms with Gasteiger partial charge in [-0.3, -0.25) is 4.79 Å². The summed E-state index contributed by atoms with van der Waals surface area (Å²) in [7, 11) is 1.37. The zero-order chi connectivity index (χ0) is 19.7. The smallest absolute Gasteiger partial charge is 0.407 e. The number of nitrogens with one attached hydrogen (secondary N) is 1. The van der Waals surface area contributed by atoms with E-state index in [0.717, 1.165) is 19.0 Å². The highest BCUT2D eigenvalue weighted by atomic mass is 16.5. The zero-order valence-corrected chi connectivity index (χ0v) is 17.0. The third kappa shape index (κ3) is 2.82. The van der Waals surface area contributed by atoms with Crippen LogP contribution in [0.5, 0.6) is 0 Å². The summed E-state index contributed by atoms with van der Waals surface area (Å²) in [4.78, 5) is 26.5. The summed E-state index contributed by atoms with van der Waals surface area (Å²) in [5.41, 5.74) is 2.85. The summed E-state index contributed by atoms with van der Waals surface area (Å²) in [6.45, 7) is 6.07. The molecule has 4 fully saturated rings. The van der Waals surface area contributed by atoms with E-state index < -0.39 is 6.09 Å². The fourth-order valence-corrected chi connectivity index (χ4v) is 5.94. The Morgan fingerprint density at radius 3 is 2.29 bits per heavy atom. The SMILES string of the molecule is COC(=O)N[C@]1(C)C[C@H](C(=O)N2C[C@H]3[C@H](c4ccc(C5CC5)cc4)[C@@]3(C)C2)C1. The van der Waals surface area contributed by atoms with E-state index in [0.29, 0.717) is 24.7 Å². The molecule has 0 aromatic heterocycles. The van der Waals surface area contributed by atoms with Crippen LogP contribution in [-0.4, -0.2) is 42.6 Å². The van der Waals surface area contributed by atoms with Gasteiger partial charge in [0, 0.05) is 24.5 Å². The maximum absolute atomic E-state index is 12.9. The van der Waals surface area contributed by atoms with Crippen molar-refractivity contribution in [3.8, 4) is 0 Å². The van der Waals surface area contributed by atoms with Crippen LogP contribution in [-0.2, 0) is 9.53 Å². The highest BCUT2D eigenvalue weighted by Crippen LogP contribution is 2.68. The van der Waals surface area contributed by atoms with Crippen LogP contribution in [0.1, 0.15) is 62.5 Å². The minimum Gasteiger partial charge on any atom is -0.453 e. The Labute approximate surface area is 166 Å². The van der Waals surface area contributed by atoms with Gasteiger partial charge in [-0.25, -0.2) is 4.79 Å². The van der Waals surface area contributed by atoms with E-state index in [1.807, 2.05) is 6.92 Å². The molecule has 3 aliphatic carbocycles. The Balaban J connectivity index is 1.17. The molecule has 1 N–H and O–H groups in total. The van der Waals surface area contributed by atoms with Crippen molar-refractivity contribution in [2.45, 2.75) is 56.9 Å². The Hall–Kier alpha value is -2.04. The van der Waals surface area contributed by atoms with Crippen molar-refractivity contribution < 1.29 is 14.3 Å². The average Bonchev–Trinajstić information content (AvgIpc) is 3.55. The number of carbonyl (C=O) groups is 2. The number of fused-ring (bicyclic) bond motifs is 1. The van der Waals surface area contributed by atoms with Crippen molar-refractivity contribution in [3.05, 3.63) is 35.4 Å². The highest BCUT2D eigenvalue weighted by molar-refractivity contribution is 5.81. The van der Waals surface area contributed by atoms with E-state index in [-0.39, 0.29) is 22.8 Å². The molecular formula is C23H30N2O3. The Morgan fingerprint density at radius 2 is 1.75 bits per heavy atom. The predicted molar refractivity (Wildman–Crippen MR) is 106 cm³/mol. The van der Waals surface area contributed by atoms with Crippen LogP contribution in [0.15, 0.2) is 24.3 Å². The fourth-order valence-electron chi connectivity index (χ4n) is 5.94. The van der Waals surface area contributed by atoms with Crippen LogP contribution in [0.3, 0.4) is 0 Å². The third-order valence-corrected chi connectivity index (χ3v) is 7.79. The summed E-state index contributed by atoms with van der Waals surface area (Å²) in [5, 5.41) is 2.86. The first-order chi connectivity index (χ1) is 13.3. The molecule has 1 aromatic carbocycles. The lowest BCUT2D eigenvalue weighted by Gasteiger charge is -2.45. The largest absolute Gasteiger partial charge is 0.453 e. The molecule has 1 heterocycles. The number of likely N-dealkylation sites (tertiary alicyclic amines) is 1. The van der Waals surface area contributed by atoms with Gasteiger partial charge in [0.2, 0.25) is 5.91 Å². The van der Waals surface area contributed by atoms with Gasteiger partial charge in [-0.15, -0.1) is 0 Å². The average molecular weight is 383 g/mol. The monoisotopic (exact) mass is 382 g/mol. The van der Waals surface area contributed by atoms with Gasteiger partial charge < -0.3 is 15.0 Å². The lowest BCUT2D eigenvalue weighted by Crippen LogP contribution is -2.58. The predicted octanol–water partition coefficient (Wildman–Crippen LogP) is 3.65. The molecule has 1 aliphatic heterocycles. The second-order valence-corrected chi connectivity index (χ2v) is 10.0. The molecule has 0 bridgehead atoms. The number of hydrogen-bond acceptors (Lipinski definition) is 3. The van der Waals surface area contributed by atoms with Gasteiger partial charge in [-0.05, 0) is 66.9 Å². The van der Waals surface area contributed by atoms with Gasteiger partial charge in [0.1, 0.15) is 0 Å². The van der Waals surface area contributed by atoms with Gasteiger partial charge >= 0.3 is 6.09 Å². The molecule has 3 saturated carbocycles. The van der Waals surface area contributed by atoms with E-state index in [2.05, 4.69) is 46.1 Å². The van der Waals surface area contributed by atoms with Gasteiger partial charge in [0.05, 0.1) is 7.11 Å². The topological polar surface area (TPSA) is 58.6 Å². The van der Waals surface area contributed by atoms with E-state index in [1.54, 1.807) is 0 Å². The lowest BCUT2D eigenvalue weighted by molar-refractivity contribution is -0.140. The quantitative estimate of drug-likeness (QED) is 0.865. The number of rotatable bonds is 4. The Morgan fingerprint density at radius 1 is 1.11 bits per heavy atom. The van der Waals surface area contributed by atoms with E-state index in [4.69, 9.17) is 0 Å². The number of nitrogens with zero attached hydrogens (tertiary/aromatic N) is 1. The first-order valence-electron chi connectivity index (χ1n) is 10.6. The number of methoxy groups -OCH3 is 1. The molecule has 1 saturated heterocycles. The maximum Gasteiger partial charge on any atom is 0.407 e. The summed E-state index contributed by atoms with van der Waals surface area (Å²) < 4.78 is 4.68. The minimum absolute atomic E-state index is 0.0273. The first kappa shape index (κ1) is 18.0. The van der Waals surface area contributed by atoms with Crippen molar-refractivity contribution in [1.29, 1.82) is 0 Å². The van der Waals surface area contributed by atoms with Gasteiger partial charge in [-0.1, -0.05) is 31.2 Å². The van der Waals surface area contributed by atoms with Crippen molar-refractivity contribution in [2.24, 2.45) is 17.3 Å². The molecule has 0 unspecified atom stereocenters. The van der Waals surface area contributed by atoms with Gasteiger partial charge in [-0.2, -0.15) is 0 Å². The van der Waals surface area contributed by atoms with Crippen molar-refractivity contribution >= 4 is 12.0 Å². The van der Waals surface area contributed by atoms with Crippen LogP contribution in [0.2, 0.25) is 0 Å². The molecule has 5 rings (SSSR count). The molecule has 1 aromatic rings. The molecule has 0 radical (unpaired) electrons. The standard InChI is InChI=1S/C23H30N2O3/c1-22(24-21(27)28-3)10-17(11-22)20(26)25-12-18-19(23(18,2)13-25)16-8-6-15(7-9-16)14-4-5-14/h6-9,14,17-19H,4-5,10-13H2,1-3H3,(H,24,27)/t17-,18-,19-,22+,23-/m0/s1. The van der Waals surface area contributed by atoms with Crippen LogP contribution < -0.4 is 5.32 Å². The minimum atomic E-state index is -0.418. The van der Waals surface area contributed by atoms with Crippen LogP contribution in [0, 0.1) is 17.3 Å². The molecule has 4 aliphatic rings. The van der Waals surface area contributed by atoms with Crippen LogP contribution in [0.25, 0.3) is 0 Å². The summed E-state index contributed by atoms with van der Waals surface area (Å²) in [6, 6.07) is 9.28. The fraction of sp³-hybridized carbons (Fsp3) is 0.652. The molecule has 5 nitrogen and oxygen atoms in total. The molecule has 150 valence electrons. The molecular weight excluding hydrogens is 352 g/mol. The summed E-state index contributed by atoms with van der Waals surface area (Å²) in [5.74, 6) is 2.28. The normalized spacial score (nSPS) is 38.4. The summed E-state index contributed by atoms with van der Waals surface area (Å²) in [6.07, 6.45) is 3.67. The molecule has 2 amide bonds. The van der Waals surface area contributed by atoms with Crippen molar-refractivity contribution in [2.75, 3.05) is 20.2 Å². The van der Waals surface area contributed by atoms with E-state index >= 15 is 0 Å². The number of alkyl carbamates (subject to hydrolysis) is 1. The second-order valence-electron chi connectivity index (χ2n) is 10.0. The van der Waals surface area contributed by atoms with E-state index in [1.165, 1.54) is 31.1 Å². The van der Waals surface area contributed by atoms with Crippen LogP contribution in [0.4, 0.5) is 4.79 Å². The second kappa shape index (κ2) is 5.98. The number of piperidine rings is 1. The van der Waals surface area contributed by atoms with Crippen LogP contribution >= 0.6 is 0 Å². The molecule has 0 spiro atoms. The summed E-state index contributed by atoms with van der Waals surface area (Å²) >= 11 is 0. The third-order valence-electron chi connectivity index (χ3n) is 7.79. The van der Waals surface area contributed by atoms with E-state index in [9.17, 15) is 9.59 Å². The number of hydrogen-bond donors (Lipinski definition) is 1. The van der Waals surface area contributed by atoms with Gasteiger partial charge in [0.25, 0.3) is 0 Å². The van der Waals surface area contributed by atoms with Crippen molar-refractivity contribution in [1.82, 2.24) is 10.2 Å². The first-order valence-corrected chi connectivity index (χ1v) is 10.6. The zero-order valence-electron chi connectivity index (χ0n) is 17.0. The molecule has 28 heavy (non-hydrogen) atoms. The van der Waals surface area contributed by atoms with Crippen molar-refractivity contribution in [3.63, 3.8) is 0 Å². The molecule has 5 heteroatoms. The Bertz CT molecular complexity index is 810. The number of carbonyl (C=O) groups excluding carboxylic acids is 2. The number of amides is 2. The lowest BCUT2D eigenvalue weighted by atomic mass is 9.69. The van der Waals surface area contributed by atoms with Gasteiger partial charge in [0.15, 0.2) is 0 Å². The maximum atomic E-state index is 12.9. The number of ether oxygens (including phenoxy) is 1.